The van der Waals surface area contributed by atoms with E-state index in [1.54, 1.807) is 13.0 Å². The highest BCUT2D eigenvalue weighted by Crippen LogP contribution is 2.28. The third-order valence-corrected chi connectivity index (χ3v) is 4.25. The molecule has 27 heavy (non-hydrogen) atoms. The molecule has 0 aliphatic carbocycles. The van der Waals surface area contributed by atoms with E-state index >= 15 is 0 Å². The largest absolute Gasteiger partial charge is 0.309 e. The highest BCUT2D eigenvalue weighted by molar-refractivity contribution is 6.00. The summed E-state index contributed by atoms with van der Waals surface area (Å²) < 4.78 is 53.7. The van der Waals surface area contributed by atoms with Gasteiger partial charge in [-0.1, -0.05) is 6.07 Å². The Morgan fingerprint density at radius 3 is 2.52 bits per heavy atom. The Morgan fingerprint density at radius 2 is 1.81 bits per heavy atom. The van der Waals surface area contributed by atoms with E-state index in [-0.39, 0.29) is 18.7 Å². The van der Waals surface area contributed by atoms with Gasteiger partial charge in [0.1, 0.15) is 5.82 Å². The first kappa shape index (κ1) is 18.7. The van der Waals surface area contributed by atoms with Gasteiger partial charge >= 0.3 is 0 Å². The van der Waals surface area contributed by atoms with Crippen molar-refractivity contribution in [2.24, 2.45) is 5.92 Å². The predicted molar refractivity (Wildman–Crippen MR) is 89.7 cm³/mol. The predicted octanol–water partition coefficient (Wildman–Crippen LogP) is 3.05. The van der Waals surface area contributed by atoms with Crippen LogP contribution in [0.25, 0.3) is 0 Å². The monoisotopic (exact) mass is 381 g/mol. The standard InChI is InChI=1S/C18H15F4N3O2/c1-9-2-5-14(12(20)6-9)25-8-10(7-15(25)26)18(27)24-23-13-4-3-11(19)16(21)17(13)22/h2-6,10,23H,7-8H2,1H3,(H,24,27). The van der Waals surface area contributed by atoms with Gasteiger partial charge in [-0.15, -0.1) is 0 Å². The minimum absolute atomic E-state index is 0.0629. The summed E-state index contributed by atoms with van der Waals surface area (Å²) in [4.78, 5) is 25.5. The molecule has 5 nitrogen and oxygen atoms in total. The summed E-state index contributed by atoms with van der Waals surface area (Å²) in [6.07, 6.45) is -0.166. The van der Waals surface area contributed by atoms with Crippen LogP contribution in [0.2, 0.25) is 0 Å². The Morgan fingerprint density at radius 1 is 1.07 bits per heavy atom. The van der Waals surface area contributed by atoms with Gasteiger partial charge in [0.2, 0.25) is 11.8 Å². The molecule has 1 aliphatic rings. The topological polar surface area (TPSA) is 61.4 Å². The summed E-state index contributed by atoms with van der Waals surface area (Å²) in [5.41, 5.74) is 4.61. The van der Waals surface area contributed by atoms with Crippen molar-refractivity contribution in [1.29, 1.82) is 0 Å². The van der Waals surface area contributed by atoms with Crippen LogP contribution in [0.3, 0.4) is 0 Å². The van der Waals surface area contributed by atoms with Crippen molar-refractivity contribution in [2.45, 2.75) is 13.3 Å². The van der Waals surface area contributed by atoms with E-state index in [0.717, 1.165) is 11.0 Å². The average molecular weight is 381 g/mol. The van der Waals surface area contributed by atoms with Gasteiger partial charge < -0.3 is 4.90 Å². The van der Waals surface area contributed by atoms with Gasteiger partial charge in [0.05, 0.1) is 17.3 Å². The Labute approximate surface area is 151 Å². The molecule has 9 heteroatoms. The number of amides is 2. The van der Waals surface area contributed by atoms with E-state index < -0.39 is 46.7 Å². The summed E-state index contributed by atoms with van der Waals surface area (Å²) >= 11 is 0. The Bertz CT molecular complexity index is 920. The number of anilines is 2. The van der Waals surface area contributed by atoms with E-state index in [1.807, 2.05) is 0 Å². The fourth-order valence-corrected chi connectivity index (χ4v) is 2.80. The number of nitrogens with zero attached hydrogens (tertiary/aromatic N) is 1. The van der Waals surface area contributed by atoms with Gasteiger partial charge in [-0.05, 0) is 36.8 Å². The van der Waals surface area contributed by atoms with Crippen molar-refractivity contribution in [2.75, 3.05) is 16.9 Å². The molecule has 1 unspecified atom stereocenters. The third kappa shape index (κ3) is 3.71. The van der Waals surface area contributed by atoms with Gasteiger partial charge in [0, 0.05) is 13.0 Å². The van der Waals surface area contributed by atoms with Crippen LogP contribution in [0.15, 0.2) is 30.3 Å². The molecule has 0 radical (unpaired) electrons. The summed E-state index contributed by atoms with van der Waals surface area (Å²) in [6, 6.07) is 6.00. The van der Waals surface area contributed by atoms with E-state index in [0.29, 0.717) is 11.6 Å². The molecule has 0 saturated carbocycles. The maximum absolute atomic E-state index is 14.1. The molecule has 3 rings (SSSR count). The van der Waals surface area contributed by atoms with E-state index in [9.17, 15) is 27.2 Å². The number of nitrogens with one attached hydrogen (secondary N) is 2. The van der Waals surface area contributed by atoms with Crippen molar-refractivity contribution in [3.05, 3.63) is 59.2 Å². The van der Waals surface area contributed by atoms with Crippen molar-refractivity contribution in [3.8, 4) is 0 Å². The van der Waals surface area contributed by atoms with E-state index in [2.05, 4.69) is 10.9 Å². The molecule has 0 spiro atoms. The number of aryl methyl sites for hydroxylation is 1. The smallest absolute Gasteiger partial charge is 0.243 e. The Kier molecular flexibility index (Phi) is 5.02. The fraction of sp³-hybridized carbons (Fsp3) is 0.222. The molecular formula is C18H15F4N3O2. The van der Waals surface area contributed by atoms with Crippen molar-refractivity contribution in [3.63, 3.8) is 0 Å². The first-order chi connectivity index (χ1) is 12.8. The highest BCUT2D eigenvalue weighted by Gasteiger charge is 2.36. The molecule has 142 valence electrons. The highest BCUT2D eigenvalue weighted by atomic mass is 19.2. The molecular weight excluding hydrogens is 366 g/mol. The number of benzene rings is 2. The lowest BCUT2D eigenvalue weighted by Crippen LogP contribution is -2.37. The van der Waals surface area contributed by atoms with Crippen LogP contribution >= 0.6 is 0 Å². The Balaban J connectivity index is 1.67. The van der Waals surface area contributed by atoms with Crippen LogP contribution in [0.4, 0.5) is 28.9 Å². The number of hydrazine groups is 1. The lowest BCUT2D eigenvalue weighted by atomic mass is 10.1. The maximum atomic E-state index is 14.1. The molecule has 0 aromatic heterocycles. The number of rotatable bonds is 4. The van der Waals surface area contributed by atoms with Gasteiger partial charge in [-0.25, -0.2) is 17.6 Å². The first-order valence-corrected chi connectivity index (χ1v) is 8.04. The van der Waals surface area contributed by atoms with Crippen LogP contribution in [0.5, 0.6) is 0 Å². The molecule has 2 amide bonds. The van der Waals surface area contributed by atoms with Crippen LogP contribution in [0.1, 0.15) is 12.0 Å². The van der Waals surface area contributed by atoms with E-state index in [4.69, 9.17) is 0 Å². The molecule has 1 atom stereocenters. The van der Waals surface area contributed by atoms with Crippen molar-refractivity contribution >= 4 is 23.2 Å². The molecule has 2 N–H and O–H groups in total. The second-order valence-electron chi connectivity index (χ2n) is 6.20. The van der Waals surface area contributed by atoms with Crippen LogP contribution in [0, 0.1) is 36.1 Å². The maximum Gasteiger partial charge on any atom is 0.243 e. The molecule has 1 heterocycles. The third-order valence-electron chi connectivity index (χ3n) is 4.25. The minimum Gasteiger partial charge on any atom is -0.309 e. The molecule has 2 aromatic rings. The zero-order chi connectivity index (χ0) is 19.7. The zero-order valence-electron chi connectivity index (χ0n) is 14.2. The van der Waals surface area contributed by atoms with E-state index in [1.165, 1.54) is 12.1 Å². The normalized spacial score (nSPS) is 16.6. The van der Waals surface area contributed by atoms with Crippen LogP contribution < -0.4 is 15.8 Å². The van der Waals surface area contributed by atoms with Gasteiger partial charge in [-0.2, -0.15) is 0 Å². The average Bonchev–Trinajstić information content (AvgIpc) is 3.00. The minimum atomic E-state index is -1.67. The number of carbonyl (C=O) groups is 2. The summed E-state index contributed by atoms with van der Waals surface area (Å²) in [6.45, 7) is 1.64. The SMILES string of the molecule is Cc1ccc(N2CC(C(=O)NNc3ccc(F)c(F)c3F)CC2=O)c(F)c1. The van der Waals surface area contributed by atoms with Gasteiger partial charge in [-0.3, -0.25) is 20.4 Å². The van der Waals surface area contributed by atoms with Crippen molar-refractivity contribution in [1.82, 2.24) is 5.43 Å². The summed E-state index contributed by atoms with van der Waals surface area (Å²) in [5, 5.41) is 0. The molecule has 1 aliphatic heterocycles. The number of halogens is 4. The number of hydrogen-bond acceptors (Lipinski definition) is 3. The van der Waals surface area contributed by atoms with Gasteiger partial charge in [0.15, 0.2) is 17.5 Å². The van der Waals surface area contributed by atoms with Crippen LogP contribution in [-0.4, -0.2) is 18.4 Å². The second-order valence-corrected chi connectivity index (χ2v) is 6.20. The second kappa shape index (κ2) is 7.26. The fourth-order valence-electron chi connectivity index (χ4n) is 2.80. The first-order valence-electron chi connectivity index (χ1n) is 8.04. The van der Waals surface area contributed by atoms with Crippen molar-refractivity contribution < 1.29 is 27.2 Å². The summed E-state index contributed by atoms with van der Waals surface area (Å²) in [5.74, 6) is -7.01. The molecule has 1 fully saturated rings. The molecule has 1 saturated heterocycles. The quantitative estimate of drug-likeness (QED) is 0.486. The molecule has 0 bridgehead atoms. The lowest BCUT2D eigenvalue weighted by molar-refractivity contribution is -0.125. The van der Waals surface area contributed by atoms with Gasteiger partial charge in [0.25, 0.3) is 0 Å². The van der Waals surface area contributed by atoms with Crippen LogP contribution in [-0.2, 0) is 9.59 Å². The Hall–Kier alpha value is -3.10. The lowest BCUT2D eigenvalue weighted by Gasteiger charge is -2.18. The zero-order valence-corrected chi connectivity index (χ0v) is 14.2. The summed E-state index contributed by atoms with van der Waals surface area (Å²) in [7, 11) is 0. The molecule has 2 aromatic carbocycles. The number of hydrogen-bond donors (Lipinski definition) is 2. The number of carbonyl (C=O) groups excluding carboxylic acids is 2.